The van der Waals surface area contributed by atoms with Crippen molar-refractivity contribution in [1.82, 2.24) is 9.47 Å². The second kappa shape index (κ2) is 5.68. The first-order chi connectivity index (χ1) is 7.19. The Hall–Kier alpha value is -1.13. The molecule has 0 fully saturated rings. The van der Waals surface area contributed by atoms with E-state index >= 15 is 0 Å². The van der Waals surface area contributed by atoms with Crippen molar-refractivity contribution in [3.8, 4) is 0 Å². The lowest BCUT2D eigenvalue weighted by Gasteiger charge is -2.17. The molecule has 0 amide bonds. The molecule has 1 heterocycles. The van der Waals surface area contributed by atoms with E-state index in [4.69, 9.17) is 5.11 Å². The average Bonchev–Trinajstić information content (AvgIpc) is 2.63. The number of nitrogens with zero attached hydrogens (tertiary/aromatic N) is 2. The quantitative estimate of drug-likeness (QED) is 0.696. The zero-order valence-corrected chi connectivity index (χ0v) is 9.31. The van der Waals surface area contributed by atoms with Crippen LogP contribution in [0, 0.1) is 0 Å². The molecule has 0 aromatic carbocycles. The molecule has 1 aromatic heterocycles. The highest BCUT2D eigenvalue weighted by molar-refractivity contribution is 5.96. The smallest absolute Gasteiger partial charge is 0.193 e. The van der Waals surface area contributed by atoms with E-state index in [-0.39, 0.29) is 12.4 Å². The molecular formula is C11H18N2O2. The number of rotatable bonds is 6. The van der Waals surface area contributed by atoms with Crippen molar-refractivity contribution in [2.24, 2.45) is 7.05 Å². The molecule has 84 valence electrons. The van der Waals surface area contributed by atoms with Gasteiger partial charge in [-0.3, -0.25) is 9.69 Å². The number of hydrogen-bond acceptors (Lipinski definition) is 3. The highest BCUT2D eigenvalue weighted by atomic mass is 16.3. The van der Waals surface area contributed by atoms with Gasteiger partial charge in [0, 0.05) is 19.8 Å². The minimum atomic E-state index is 0.0915. The van der Waals surface area contributed by atoms with Crippen LogP contribution in [0.25, 0.3) is 0 Å². The first-order valence-corrected chi connectivity index (χ1v) is 5.16. The summed E-state index contributed by atoms with van der Waals surface area (Å²) in [5.41, 5.74) is 0.714. The highest BCUT2D eigenvalue weighted by Gasteiger charge is 2.12. The van der Waals surface area contributed by atoms with Gasteiger partial charge in [0.15, 0.2) is 5.78 Å². The molecule has 1 N–H and O–H groups in total. The number of Topliss-reactive ketones (excluding diaryl/α,β-unsaturated/α-hetero) is 1. The summed E-state index contributed by atoms with van der Waals surface area (Å²) >= 11 is 0. The van der Waals surface area contributed by atoms with E-state index in [0.717, 1.165) is 6.54 Å². The molecule has 0 aliphatic rings. The number of aryl methyl sites for hydroxylation is 1. The van der Waals surface area contributed by atoms with Gasteiger partial charge >= 0.3 is 0 Å². The molecule has 0 saturated carbocycles. The van der Waals surface area contributed by atoms with Gasteiger partial charge in [0.05, 0.1) is 18.8 Å². The summed E-state index contributed by atoms with van der Waals surface area (Å²) in [4.78, 5) is 13.8. The van der Waals surface area contributed by atoms with Crippen molar-refractivity contribution in [2.45, 2.75) is 6.92 Å². The third-order valence-electron chi connectivity index (χ3n) is 2.46. The van der Waals surface area contributed by atoms with Crippen molar-refractivity contribution < 1.29 is 9.90 Å². The van der Waals surface area contributed by atoms with Crippen LogP contribution >= 0.6 is 0 Å². The molecule has 4 nitrogen and oxygen atoms in total. The van der Waals surface area contributed by atoms with Crippen LogP contribution in [0.4, 0.5) is 0 Å². The number of hydrogen-bond donors (Lipinski definition) is 1. The lowest BCUT2D eigenvalue weighted by Crippen LogP contribution is -2.32. The lowest BCUT2D eigenvalue weighted by atomic mass is 10.2. The standard InChI is InChI=1S/C11H18N2O2/c1-3-13(7-8-14)9-11(15)10-5-4-6-12(10)2/h4-6,14H,3,7-9H2,1-2H3. The van der Waals surface area contributed by atoms with Gasteiger partial charge in [-0.2, -0.15) is 0 Å². The number of ketones is 1. The van der Waals surface area contributed by atoms with Crippen LogP contribution in [0.15, 0.2) is 18.3 Å². The lowest BCUT2D eigenvalue weighted by molar-refractivity contribution is 0.0911. The molecule has 0 radical (unpaired) electrons. The molecule has 0 saturated heterocycles. The van der Waals surface area contributed by atoms with Gasteiger partial charge in [-0.25, -0.2) is 0 Å². The summed E-state index contributed by atoms with van der Waals surface area (Å²) in [6.45, 7) is 3.76. The Labute approximate surface area is 90.1 Å². The fourth-order valence-electron chi connectivity index (χ4n) is 1.53. The van der Waals surface area contributed by atoms with Crippen molar-refractivity contribution >= 4 is 5.78 Å². The maximum Gasteiger partial charge on any atom is 0.193 e. The second-order valence-corrected chi connectivity index (χ2v) is 3.52. The minimum absolute atomic E-state index is 0.0915. The predicted molar refractivity (Wildman–Crippen MR) is 58.9 cm³/mol. The van der Waals surface area contributed by atoms with E-state index in [1.807, 2.05) is 41.8 Å². The number of aliphatic hydroxyl groups is 1. The Morgan fingerprint density at radius 2 is 2.33 bits per heavy atom. The summed E-state index contributed by atoms with van der Waals surface area (Å²) in [5, 5.41) is 8.81. The maximum absolute atomic E-state index is 11.8. The van der Waals surface area contributed by atoms with Crippen LogP contribution in [-0.2, 0) is 7.05 Å². The molecule has 1 rings (SSSR count). The Kier molecular flexibility index (Phi) is 4.52. The van der Waals surface area contributed by atoms with E-state index < -0.39 is 0 Å². The van der Waals surface area contributed by atoms with E-state index in [1.54, 1.807) is 0 Å². The molecule has 0 atom stereocenters. The van der Waals surface area contributed by atoms with Crippen LogP contribution in [0.5, 0.6) is 0 Å². The normalized spacial score (nSPS) is 10.9. The monoisotopic (exact) mass is 210 g/mol. The number of carbonyl (C=O) groups excluding carboxylic acids is 1. The van der Waals surface area contributed by atoms with Crippen LogP contribution in [0.2, 0.25) is 0 Å². The molecule has 15 heavy (non-hydrogen) atoms. The van der Waals surface area contributed by atoms with E-state index in [0.29, 0.717) is 18.8 Å². The average molecular weight is 210 g/mol. The number of carbonyl (C=O) groups is 1. The third-order valence-corrected chi connectivity index (χ3v) is 2.46. The number of likely N-dealkylation sites (N-methyl/N-ethyl adjacent to an activating group) is 1. The summed E-state index contributed by atoms with van der Waals surface area (Å²) in [6, 6.07) is 3.67. The van der Waals surface area contributed by atoms with Crippen LogP contribution in [0.1, 0.15) is 17.4 Å². The Balaban J connectivity index is 2.58. The minimum Gasteiger partial charge on any atom is -0.395 e. The van der Waals surface area contributed by atoms with Crippen LogP contribution in [0.3, 0.4) is 0 Å². The van der Waals surface area contributed by atoms with Gasteiger partial charge in [0.25, 0.3) is 0 Å². The first kappa shape index (κ1) is 11.9. The largest absolute Gasteiger partial charge is 0.395 e. The van der Waals surface area contributed by atoms with Gasteiger partial charge in [-0.15, -0.1) is 0 Å². The molecule has 0 unspecified atom stereocenters. The topological polar surface area (TPSA) is 45.5 Å². The highest BCUT2D eigenvalue weighted by Crippen LogP contribution is 2.02. The van der Waals surface area contributed by atoms with Crippen LogP contribution in [-0.4, -0.2) is 46.6 Å². The predicted octanol–water partition coefficient (Wildman–Crippen LogP) is 0.522. The molecule has 0 spiro atoms. The first-order valence-electron chi connectivity index (χ1n) is 5.16. The molecule has 1 aromatic rings. The molecule has 0 aliphatic heterocycles. The van der Waals surface area contributed by atoms with E-state index in [9.17, 15) is 4.79 Å². The van der Waals surface area contributed by atoms with Crippen LogP contribution < -0.4 is 0 Å². The van der Waals surface area contributed by atoms with Crippen molar-refractivity contribution in [2.75, 3.05) is 26.2 Å². The van der Waals surface area contributed by atoms with Crippen molar-refractivity contribution in [3.05, 3.63) is 24.0 Å². The molecule has 4 heteroatoms. The second-order valence-electron chi connectivity index (χ2n) is 3.52. The zero-order valence-electron chi connectivity index (χ0n) is 9.31. The van der Waals surface area contributed by atoms with E-state index in [1.165, 1.54) is 0 Å². The fourth-order valence-corrected chi connectivity index (χ4v) is 1.53. The molecule has 0 bridgehead atoms. The zero-order chi connectivity index (χ0) is 11.3. The van der Waals surface area contributed by atoms with Crippen molar-refractivity contribution in [1.29, 1.82) is 0 Å². The van der Waals surface area contributed by atoms with Gasteiger partial charge in [0.2, 0.25) is 0 Å². The number of aliphatic hydroxyl groups excluding tert-OH is 1. The van der Waals surface area contributed by atoms with Gasteiger partial charge in [0.1, 0.15) is 0 Å². The summed E-state index contributed by atoms with van der Waals surface area (Å²) in [7, 11) is 1.86. The summed E-state index contributed by atoms with van der Waals surface area (Å²) in [6.07, 6.45) is 1.86. The Morgan fingerprint density at radius 1 is 1.60 bits per heavy atom. The fraction of sp³-hybridized carbons (Fsp3) is 0.545. The van der Waals surface area contributed by atoms with Gasteiger partial charge in [-0.1, -0.05) is 6.92 Å². The van der Waals surface area contributed by atoms with Gasteiger partial charge in [-0.05, 0) is 18.7 Å². The Morgan fingerprint density at radius 3 is 2.80 bits per heavy atom. The summed E-state index contributed by atoms with van der Waals surface area (Å²) < 4.78 is 1.81. The maximum atomic E-state index is 11.8. The number of aromatic nitrogens is 1. The van der Waals surface area contributed by atoms with E-state index in [2.05, 4.69) is 0 Å². The molecule has 0 aliphatic carbocycles. The third kappa shape index (κ3) is 3.18. The molecular weight excluding hydrogens is 192 g/mol. The SMILES string of the molecule is CCN(CCO)CC(=O)c1cccn1C. The summed E-state index contributed by atoms with van der Waals surface area (Å²) in [5.74, 6) is 0.0952. The van der Waals surface area contributed by atoms with Gasteiger partial charge < -0.3 is 9.67 Å². The van der Waals surface area contributed by atoms with Crippen molar-refractivity contribution in [3.63, 3.8) is 0 Å². The Bertz CT molecular complexity index is 320.